The van der Waals surface area contributed by atoms with Crippen molar-refractivity contribution in [1.82, 2.24) is 10.2 Å². The van der Waals surface area contributed by atoms with E-state index in [0.29, 0.717) is 24.4 Å². The van der Waals surface area contributed by atoms with E-state index in [1.807, 2.05) is 17.0 Å². The number of halogens is 1. The summed E-state index contributed by atoms with van der Waals surface area (Å²) in [5.41, 5.74) is 0.845. The van der Waals surface area contributed by atoms with Crippen LogP contribution in [-0.2, 0) is 4.79 Å². The van der Waals surface area contributed by atoms with E-state index in [1.165, 1.54) is 6.07 Å². The monoisotopic (exact) mass is 290 g/mol. The van der Waals surface area contributed by atoms with E-state index in [4.69, 9.17) is 0 Å². The van der Waals surface area contributed by atoms with Crippen molar-refractivity contribution in [3.8, 4) is 0 Å². The molecule has 1 N–H and O–H groups in total. The Labute approximate surface area is 125 Å². The van der Waals surface area contributed by atoms with E-state index >= 15 is 0 Å². The minimum atomic E-state index is -0.0864. The molecule has 114 valence electrons. The molecule has 1 saturated heterocycles. The molecule has 1 aliphatic heterocycles. The van der Waals surface area contributed by atoms with Crippen LogP contribution in [0.4, 0.5) is 4.39 Å². The summed E-state index contributed by atoms with van der Waals surface area (Å²) in [4.78, 5) is 13.6. The maximum absolute atomic E-state index is 13.7. The van der Waals surface area contributed by atoms with Gasteiger partial charge in [0.25, 0.3) is 0 Å². The number of benzene rings is 1. The van der Waals surface area contributed by atoms with Crippen molar-refractivity contribution < 1.29 is 9.18 Å². The second kappa shape index (κ2) is 6.14. The minimum Gasteiger partial charge on any atom is -0.341 e. The van der Waals surface area contributed by atoms with Gasteiger partial charge in [-0.15, -0.1) is 0 Å². The zero-order chi connectivity index (χ0) is 14.8. The molecule has 1 saturated carbocycles. The third-order valence-corrected chi connectivity index (χ3v) is 4.67. The first-order valence-corrected chi connectivity index (χ1v) is 7.91. The maximum atomic E-state index is 13.7. The molecule has 1 unspecified atom stereocenters. The molecule has 4 heteroatoms. The molecule has 0 spiro atoms. The molecule has 1 atom stereocenters. The molecular formula is C17H23FN2O. The second-order valence-corrected chi connectivity index (χ2v) is 6.40. The highest BCUT2D eigenvalue weighted by Gasteiger charge is 2.33. The lowest BCUT2D eigenvalue weighted by molar-refractivity contribution is -0.128. The molecule has 1 amide bonds. The van der Waals surface area contributed by atoms with Crippen LogP contribution in [0.5, 0.6) is 0 Å². The van der Waals surface area contributed by atoms with Crippen molar-refractivity contribution >= 4 is 5.91 Å². The summed E-state index contributed by atoms with van der Waals surface area (Å²) in [5, 5.41) is 3.57. The highest BCUT2D eigenvalue weighted by molar-refractivity contribution is 5.78. The predicted octanol–water partition coefficient (Wildman–Crippen LogP) is 2.67. The summed E-state index contributed by atoms with van der Waals surface area (Å²) in [6.45, 7) is 3.81. The Morgan fingerprint density at radius 2 is 2.14 bits per heavy atom. The van der Waals surface area contributed by atoms with Crippen LogP contribution in [0.15, 0.2) is 24.3 Å². The molecule has 0 radical (unpaired) electrons. The van der Waals surface area contributed by atoms with Crippen molar-refractivity contribution in [2.75, 3.05) is 13.1 Å². The van der Waals surface area contributed by atoms with Crippen molar-refractivity contribution in [3.05, 3.63) is 35.6 Å². The molecular weight excluding hydrogens is 267 g/mol. The molecule has 2 fully saturated rings. The van der Waals surface area contributed by atoms with Crippen molar-refractivity contribution in [2.24, 2.45) is 0 Å². The topological polar surface area (TPSA) is 32.3 Å². The summed E-state index contributed by atoms with van der Waals surface area (Å²) in [7, 11) is 0. The van der Waals surface area contributed by atoms with E-state index in [-0.39, 0.29) is 11.7 Å². The number of amides is 1. The van der Waals surface area contributed by atoms with Crippen LogP contribution in [-0.4, -0.2) is 36.0 Å². The fraction of sp³-hybridized carbons (Fsp3) is 0.588. The van der Waals surface area contributed by atoms with Gasteiger partial charge in [-0.05, 0) is 43.7 Å². The number of hydrogen-bond donors (Lipinski definition) is 1. The average molecular weight is 290 g/mol. The van der Waals surface area contributed by atoms with Gasteiger partial charge in [0.15, 0.2) is 0 Å². The van der Waals surface area contributed by atoms with Crippen LogP contribution in [0.1, 0.15) is 44.1 Å². The first kappa shape index (κ1) is 14.5. The Hall–Kier alpha value is -1.42. The van der Waals surface area contributed by atoms with Crippen molar-refractivity contribution in [1.29, 1.82) is 0 Å². The average Bonchev–Trinajstić information content (AvgIpc) is 2.80. The number of likely N-dealkylation sites (tertiary alicyclic amines) is 1. The Bertz CT molecular complexity index is 513. The lowest BCUT2D eigenvalue weighted by atomic mass is 9.75. The smallest absolute Gasteiger partial charge is 0.222 e. The van der Waals surface area contributed by atoms with Gasteiger partial charge in [-0.25, -0.2) is 4.39 Å². The zero-order valence-electron chi connectivity index (χ0n) is 12.5. The van der Waals surface area contributed by atoms with Gasteiger partial charge in [-0.2, -0.15) is 0 Å². The fourth-order valence-corrected chi connectivity index (χ4v) is 3.50. The largest absolute Gasteiger partial charge is 0.341 e. The molecule has 1 aliphatic carbocycles. The lowest BCUT2D eigenvalue weighted by Crippen LogP contribution is -2.48. The van der Waals surface area contributed by atoms with Crippen LogP contribution in [0.3, 0.4) is 0 Å². The van der Waals surface area contributed by atoms with Crippen LogP contribution >= 0.6 is 0 Å². The van der Waals surface area contributed by atoms with Gasteiger partial charge < -0.3 is 10.2 Å². The Morgan fingerprint density at radius 1 is 1.38 bits per heavy atom. The van der Waals surface area contributed by atoms with E-state index < -0.39 is 0 Å². The standard InChI is InChI=1S/C17H23FN2O/c1-12(11-20-8-4-7-17(20)21)19-14-9-13(10-14)15-5-2-3-6-16(15)18/h2-3,5-6,12-14,19H,4,7-11H2,1H3. The summed E-state index contributed by atoms with van der Waals surface area (Å²) < 4.78 is 13.7. The summed E-state index contributed by atoms with van der Waals surface area (Å²) in [5.74, 6) is 0.530. The lowest BCUT2D eigenvalue weighted by Gasteiger charge is -2.38. The van der Waals surface area contributed by atoms with Crippen LogP contribution in [0.2, 0.25) is 0 Å². The quantitative estimate of drug-likeness (QED) is 0.904. The summed E-state index contributed by atoms with van der Waals surface area (Å²) >= 11 is 0. The molecule has 3 nitrogen and oxygen atoms in total. The Kier molecular flexibility index (Phi) is 4.24. The van der Waals surface area contributed by atoms with Gasteiger partial charge in [0.1, 0.15) is 5.82 Å². The van der Waals surface area contributed by atoms with Gasteiger partial charge in [0.2, 0.25) is 5.91 Å². The second-order valence-electron chi connectivity index (χ2n) is 6.40. The van der Waals surface area contributed by atoms with Gasteiger partial charge in [-0.3, -0.25) is 4.79 Å². The summed E-state index contributed by atoms with van der Waals surface area (Å²) in [6.07, 6.45) is 3.66. The summed E-state index contributed by atoms with van der Waals surface area (Å²) in [6, 6.07) is 7.82. The molecule has 21 heavy (non-hydrogen) atoms. The van der Waals surface area contributed by atoms with Gasteiger partial charge >= 0.3 is 0 Å². The zero-order valence-corrected chi connectivity index (χ0v) is 12.5. The van der Waals surface area contributed by atoms with Gasteiger partial charge in [0.05, 0.1) is 0 Å². The number of carbonyl (C=O) groups is 1. The van der Waals surface area contributed by atoms with Crippen LogP contribution in [0, 0.1) is 5.82 Å². The molecule has 1 heterocycles. The molecule has 3 rings (SSSR count). The van der Waals surface area contributed by atoms with Crippen molar-refractivity contribution in [2.45, 2.75) is 50.6 Å². The van der Waals surface area contributed by atoms with E-state index in [1.54, 1.807) is 6.07 Å². The molecule has 2 aliphatic rings. The number of nitrogens with one attached hydrogen (secondary N) is 1. The van der Waals surface area contributed by atoms with Crippen LogP contribution in [0.25, 0.3) is 0 Å². The van der Waals surface area contributed by atoms with Gasteiger partial charge in [0, 0.05) is 31.6 Å². The van der Waals surface area contributed by atoms with Crippen LogP contribution < -0.4 is 5.32 Å². The number of rotatable bonds is 5. The van der Waals surface area contributed by atoms with E-state index in [2.05, 4.69) is 12.2 Å². The molecule has 1 aromatic rings. The predicted molar refractivity (Wildman–Crippen MR) is 80.6 cm³/mol. The molecule has 0 bridgehead atoms. The first-order valence-electron chi connectivity index (χ1n) is 7.91. The highest BCUT2D eigenvalue weighted by atomic mass is 19.1. The minimum absolute atomic E-state index is 0.0864. The number of hydrogen-bond acceptors (Lipinski definition) is 2. The molecule has 0 aromatic heterocycles. The van der Waals surface area contributed by atoms with E-state index in [0.717, 1.165) is 37.9 Å². The Morgan fingerprint density at radius 3 is 2.81 bits per heavy atom. The first-order chi connectivity index (χ1) is 10.1. The highest BCUT2D eigenvalue weighted by Crippen LogP contribution is 2.38. The number of nitrogens with zero attached hydrogens (tertiary/aromatic N) is 1. The Balaban J connectivity index is 1.44. The maximum Gasteiger partial charge on any atom is 0.222 e. The fourth-order valence-electron chi connectivity index (χ4n) is 3.50. The van der Waals surface area contributed by atoms with Crippen molar-refractivity contribution in [3.63, 3.8) is 0 Å². The normalized spacial score (nSPS) is 26.8. The SMILES string of the molecule is CC(CN1CCCC1=O)NC1CC(c2ccccc2F)C1. The molecule has 1 aromatic carbocycles. The number of carbonyl (C=O) groups excluding carboxylic acids is 1. The van der Waals surface area contributed by atoms with Gasteiger partial charge in [-0.1, -0.05) is 18.2 Å². The third kappa shape index (κ3) is 3.26. The van der Waals surface area contributed by atoms with E-state index in [9.17, 15) is 9.18 Å². The third-order valence-electron chi connectivity index (χ3n) is 4.67.